The molecule has 1 aliphatic heterocycles. The molecule has 7 rings (SSSR count). The van der Waals surface area contributed by atoms with Crippen molar-refractivity contribution in [1.82, 2.24) is 29.3 Å². The Kier molecular flexibility index (Phi) is 3.45. The number of alkyl halides is 1. The van der Waals surface area contributed by atoms with Gasteiger partial charge in [0.2, 0.25) is 5.95 Å². The molecule has 152 valence electrons. The van der Waals surface area contributed by atoms with Gasteiger partial charge in [-0.3, -0.25) is 4.68 Å². The lowest BCUT2D eigenvalue weighted by molar-refractivity contribution is -0.0862. The van der Waals surface area contributed by atoms with Gasteiger partial charge in [0.15, 0.2) is 5.65 Å². The number of aryl methyl sites for hydroxylation is 2. The average Bonchev–Trinajstić information content (AvgIpc) is 3.24. The van der Waals surface area contributed by atoms with E-state index in [2.05, 4.69) is 9.67 Å². The SMILES string of the molecule is Cc1nn(C)cc1Cc1nc(N2C[C@@H](C)[C@H](F)C2)nc2c1ncn2C12CC(C1)C2. The second-order valence-electron chi connectivity index (χ2n) is 9.45. The molecule has 1 saturated heterocycles. The van der Waals surface area contributed by atoms with Crippen LogP contribution in [-0.2, 0) is 19.0 Å². The summed E-state index contributed by atoms with van der Waals surface area (Å²) in [7, 11) is 1.93. The van der Waals surface area contributed by atoms with E-state index in [0.717, 1.165) is 34.0 Å². The van der Waals surface area contributed by atoms with Crippen LogP contribution in [0.1, 0.15) is 43.1 Å². The molecule has 3 saturated carbocycles. The van der Waals surface area contributed by atoms with Crippen molar-refractivity contribution < 1.29 is 4.39 Å². The van der Waals surface area contributed by atoms with Crippen LogP contribution in [0.4, 0.5) is 10.3 Å². The smallest absolute Gasteiger partial charge is 0.227 e. The minimum Gasteiger partial charge on any atom is -0.337 e. The molecule has 3 aromatic rings. The fraction of sp³-hybridized carbons (Fsp3) is 0.619. The first-order chi connectivity index (χ1) is 13.9. The molecule has 0 aromatic carbocycles. The molecule has 8 heteroatoms. The minimum atomic E-state index is -0.833. The third-order valence-corrected chi connectivity index (χ3v) is 7.25. The Hall–Kier alpha value is -2.51. The first kappa shape index (κ1) is 17.4. The zero-order valence-electron chi connectivity index (χ0n) is 17.1. The lowest BCUT2D eigenvalue weighted by Gasteiger charge is -2.62. The molecule has 4 aliphatic rings. The molecule has 3 aromatic heterocycles. The summed E-state index contributed by atoms with van der Waals surface area (Å²) in [5, 5.41) is 4.47. The topological polar surface area (TPSA) is 64.7 Å². The van der Waals surface area contributed by atoms with Crippen molar-refractivity contribution in [1.29, 1.82) is 0 Å². The van der Waals surface area contributed by atoms with Gasteiger partial charge in [-0.05, 0) is 37.7 Å². The molecule has 2 bridgehead atoms. The Labute approximate surface area is 169 Å². The third-order valence-electron chi connectivity index (χ3n) is 7.25. The van der Waals surface area contributed by atoms with Crippen LogP contribution in [0.2, 0.25) is 0 Å². The number of anilines is 1. The normalized spacial score (nSPS) is 30.6. The molecular weight excluding hydrogens is 369 g/mol. The van der Waals surface area contributed by atoms with E-state index in [0.29, 0.717) is 25.5 Å². The maximum atomic E-state index is 14.2. The molecule has 0 N–H and O–H groups in total. The zero-order chi connectivity index (χ0) is 19.9. The molecule has 2 atom stereocenters. The Morgan fingerprint density at radius 3 is 2.59 bits per heavy atom. The standard InChI is InChI=1S/C21H26FN7/c1-12-8-28(10-16(12)22)20-24-17(4-15-9-27(3)26-13(15)2)18-19(25-20)29(11-23-18)21-5-14(6-21)7-21/h9,11-12,14,16H,4-8,10H2,1-3H3/t12-,14?,16-,21?/m1/s1. The number of nitrogens with zero attached hydrogens (tertiary/aromatic N) is 7. The van der Waals surface area contributed by atoms with Gasteiger partial charge in [0.05, 0.1) is 24.3 Å². The summed E-state index contributed by atoms with van der Waals surface area (Å²) in [4.78, 5) is 16.5. The van der Waals surface area contributed by atoms with Crippen LogP contribution >= 0.6 is 0 Å². The first-order valence-electron chi connectivity index (χ1n) is 10.5. The number of fused-ring (bicyclic) bond motifs is 1. The summed E-state index contributed by atoms with van der Waals surface area (Å²) in [6.45, 7) is 4.98. The van der Waals surface area contributed by atoms with Gasteiger partial charge < -0.3 is 9.47 Å². The lowest BCUT2D eigenvalue weighted by atomic mass is 9.49. The minimum absolute atomic E-state index is 0.000779. The molecule has 0 radical (unpaired) electrons. The van der Waals surface area contributed by atoms with E-state index < -0.39 is 6.17 Å². The predicted octanol–water partition coefficient (Wildman–Crippen LogP) is 2.76. The van der Waals surface area contributed by atoms with E-state index in [1.165, 1.54) is 19.3 Å². The predicted molar refractivity (Wildman–Crippen MR) is 108 cm³/mol. The van der Waals surface area contributed by atoms with E-state index in [4.69, 9.17) is 15.0 Å². The van der Waals surface area contributed by atoms with Crippen molar-refractivity contribution in [3.63, 3.8) is 0 Å². The molecule has 4 heterocycles. The molecule has 29 heavy (non-hydrogen) atoms. The molecular formula is C21H26FN7. The summed E-state index contributed by atoms with van der Waals surface area (Å²) < 4.78 is 18.3. The van der Waals surface area contributed by atoms with E-state index in [9.17, 15) is 4.39 Å². The number of aromatic nitrogens is 6. The van der Waals surface area contributed by atoms with Gasteiger partial charge >= 0.3 is 0 Å². The maximum absolute atomic E-state index is 14.2. The molecule has 0 amide bonds. The van der Waals surface area contributed by atoms with Gasteiger partial charge in [-0.15, -0.1) is 0 Å². The van der Waals surface area contributed by atoms with Gasteiger partial charge in [-0.25, -0.2) is 14.4 Å². The van der Waals surface area contributed by atoms with Gasteiger partial charge in [-0.2, -0.15) is 10.1 Å². The highest BCUT2D eigenvalue weighted by atomic mass is 19.1. The molecule has 7 nitrogen and oxygen atoms in total. The van der Waals surface area contributed by atoms with Gasteiger partial charge in [0, 0.05) is 37.7 Å². The highest BCUT2D eigenvalue weighted by molar-refractivity contribution is 5.76. The van der Waals surface area contributed by atoms with E-state index in [-0.39, 0.29) is 11.5 Å². The summed E-state index contributed by atoms with van der Waals surface area (Å²) >= 11 is 0. The fourth-order valence-corrected chi connectivity index (χ4v) is 5.38. The van der Waals surface area contributed by atoms with E-state index in [1.54, 1.807) is 0 Å². The fourth-order valence-electron chi connectivity index (χ4n) is 5.38. The van der Waals surface area contributed by atoms with Crippen molar-refractivity contribution in [3.8, 4) is 0 Å². The Bertz CT molecular complexity index is 1090. The van der Waals surface area contributed by atoms with Crippen molar-refractivity contribution in [3.05, 3.63) is 29.5 Å². The molecule has 0 unspecified atom stereocenters. The first-order valence-corrected chi connectivity index (χ1v) is 10.5. The lowest BCUT2D eigenvalue weighted by Crippen LogP contribution is -2.59. The molecule has 0 spiro atoms. The average molecular weight is 395 g/mol. The number of rotatable bonds is 4. The van der Waals surface area contributed by atoms with Crippen LogP contribution in [0.25, 0.3) is 11.2 Å². The number of hydrogen-bond donors (Lipinski definition) is 0. The van der Waals surface area contributed by atoms with Gasteiger partial charge in [0.25, 0.3) is 0 Å². The van der Waals surface area contributed by atoms with Crippen molar-refractivity contribution in [2.45, 2.75) is 51.2 Å². The largest absolute Gasteiger partial charge is 0.337 e. The number of imidazole rings is 1. The van der Waals surface area contributed by atoms with Crippen molar-refractivity contribution in [2.24, 2.45) is 18.9 Å². The van der Waals surface area contributed by atoms with Crippen LogP contribution < -0.4 is 4.90 Å². The second-order valence-corrected chi connectivity index (χ2v) is 9.45. The zero-order valence-corrected chi connectivity index (χ0v) is 17.1. The van der Waals surface area contributed by atoms with Crippen LogP contribution in [0.15, 0.2) is 12.5 Å². The quantitative estimate of drug-likeness (QED) is 0.680. The summed E-state index contributed by atoms with van der Waals surface area (Å²) in [6.07, 6.45) is 7.48. The van der Waals surface area contributed by atoms with Crippen LogP contribution in [0.5, 0.6) is 0 Å². The molecule has 4 fully saturated rings. The Morgan fingerprint density at radius 2 is 2.00 bits per heavy atom. The van der Waals surface area contributed by atoms with Crippen LogP contribution in [0.3, 0.4) is 0 Å². The number of halogens is 1. The Balaban J connectivity index is 1.47. The summed E-state index contributed by atoms with van der Waals surface area (Å²) in [6, 6.07) is 0. The second kappa shape index (κ2) is 5.77. The van der Waals surface area contributed by atoms with Crippen molar-refractivity contribution >= 4 is 17.1 Å². The van der Waals surface area contributed by atoms with Gasteiger partial charge in [-0.1, -0.05) is 6.92 Å². The highest BCUT2D eigenvalue weighted by Gasteiger charge is 2.58. The number of hydrogen-bond acceptors (Lipinski definition) is 5. The monoisotopic (exact) mass is 395 g/mol. The summed E-state index contributed by atoms with van der Waals surface area (Å²) in [5.74, 6) is 1.51. The van der Waals surface area contributed by atoms with Crippen molar-refractivity contribution in [2.75, 3.05) is 18.0 Å². The maximum Gasteiger partial charge on any atom is 0.227 e. The van der Waals surface area contributed by atoms with Crippen LogP contribution in [0, 0.1) is 18.8 Å². The highest BCUT2D eigenvalue weighted by Crippen LogP contribution is 2.62. The van der Waals surface area contributed by atoms with E-state index >= 15 is 0 Å². The third kappa shape index (κ3) is 2.47. The van der Waals surface area contributed by atoms with Gasteiger partial charge in [0.1, 0.15) is 11.7 Å². The Morgan fingerprint density at radius 1 is 1.21 bits per heavy atom. The summed E-state index contributed by atoms with van der Waals surface area (Å²) in [5.41, 5.74) is 5.01. The molecule has 3 aliphatic carbocycles. The van der Waals surface area contributed by atoms with Crippen LogP contribution in [-0.4, -0.2) is 48.6 Å². The van der Waals surface area contributed by atoms with E-state index in [1.807, 2.05) is 43.0 Å².